The summed E-state index contributed by atoms with van der Waals surface area (Å²) >= 11 is 0. The standard InChI is InChI=1S/C16H23N3O2/c1-11(2)15(20)14(12-6-4-3-5-7-12)19-16(21)13-10-17-8-9-18-13/h8-12,14H,3-7H2,1-2H3,(H,19,21)/t14-/m0/s1. The van der Waals surface area contributed by atoms with Crippen LogP contribution in [0.2, 0.25) is 0 Å². The third kappa shape index (κ3) is 4.09. The molecule has 1 heterocycles. The minimum absolute atomic E-state index is 0.0842. The molecule has 2 rings (SSSR count). The van der Waals surface area contributed by atoms with Crippen LogP contribution in [0.1, 0.15) is 56.4 Å². The summed E-state index contributed by atoms with van der Waals surface area (Å²) < 4.78 is 0. The minimum atomic E-state index is -0.403. The van der Waals surface area contributed by atoms with Gasteiger partial charge in [0.15, 0.2) is 5.78 Å². The lowest BCUT2D eigenvalue weighted by molar-refractivity contribution is -0.125. The molecular formula is C16H23N3O2. The summed E-state index contributed by atoms with van der Waals surface area (Å²) in [6.07, 6.45) is 9.92. The molecule has 0 aromatic carbocycles. The Morgan fingerprint density at radius 2 is 1.90 bits per heavy atom. The molecule has 1 atom stereocenters. The van der Waals surface area contributed by atoms with Crippen LogP contribution in [-0.2, 0) is 4.79 Å². The van der Waals surface area contributed by atoms with Gasteiger partial charge in [0.2, 0.25) is 0 Å². The summed E-state index contributed by atoms with van der Waals surface area (Å²) in [5, 5.41) is 2.89. The van der Waals surface area contributed by atoms with Gasteiger partial charge in [-0.05, 0) is 18.8 Å². The van der Waals surface area contributed by atoms with Gasteiger partial charge in [-0.1, -0.05) is 33.1 Å². The number of ketones is 1. The van der Waals surface area contributed by atoms with Gasteiger partial charge in [0.05, 0.1) is 12.2 Å². The van der Waals surface area contributed by atoms with E-state index in [4.69, 9.17) is 0 Å². The second-order valence-electron chi connectivity index (χ2n) is 6.00. The predicted octanol–water partition coefficient (Wildman–Crippen LogP) is 2.38. The van der Waals surface area contributed by atoms with Gasteiger partial charge in [-0.3, -0.25) is 14.6 Å². The van der Waals surface area contributed by atoms with E-state index in [9.17, 15) is 9.59 Å². The fraction of sp³-hybridized carbons (Fsp3) is 0.625. The average molecular weight is 289 g/mol. The Morgan fingerprint density at radius 1 is 1.19 bits per heavy atom. The molecule has 5 heteroatoms. The van der Waals surface area contributed by atoms with Crippen LogP contribution in [0.25, 0.3) is 0 Å². The molecule has 114 valence electrons. The molecule has 1 aromatic rings. The maximum atomic E-state index is 12.5. The van der Waals surface area contributed by atoms with E-state index in [1.165, 1.54) is 25.0 Å². The van der Waals surface area contributed by atoms with Gasteiger partial charge < -0.3 is 5.32 Å². The van der Waals surface area contributed by atoms with E-state index < -0.39 is 6.04 Å². The number of Topliss-reactive ketones (excluding diaryl/α,β-unsaturated/α-hetero) is 1. The fourth-order valence-electron chi connectivity index (χ4n) is 2.88. The van der Waals surface area contributed by atoms with Crippen LogP contribution in [0.5, 0.6) is 0 Å². The van der Waals surface area contributed by atoms with Crippen molar-refractivity contribution in [2.24, 2.45) is 11.8 Å². The van der Waals surface area contributed by atoms with Crippen LogP contribution < -0.4 is 5.32 Å². The number of carbonyl (C=O) groups is 2. The first-order valence-corrected chi connectivity index (χ1v) is 7.70. The topological polar surface area (TPSA) is 72.0 Å². The lowest BCUT2D eigenvalue weighted by Gasteiger charge is -2.30. The highest BCUT2D eigenvalue weighted by Crippen LogP contribution is 2.28. The van der Waals surface area contributed by atoms with Crippen LogP contribution in [0.15, 0.2) is 18.6 Å². The van der Waals surface area contributed by atoms with E-state index in [1.807, 2.05) is 13.8 Å². The molecule has 1 N–H and O–H groups in total. The molecule has 0 radical (unpaired) electrons. The van der Waals surface area contributed by atoms with Crippen molar-refractivity contribution < 1.29 is 9.59 Å². The molecule has 1 fully saturated rings. The number of nitrogens with one attached hydrogen (secondary N) is 1. The van der Waals surface area contributed by atoms with E-state index >= 15 is 0 Å². The van der Waals surface area contributed by atoms with Crippen LogP contribution in [0.3, 0.4) is 0 Å². The lowest BCUT2D eigenvalue weighted by Crippen LogP contribution is -2.48. The Labute approximate surface area is 125 Å². The van der Waals surface area contributed by atoms with E-state index in [-0.39, 0.29) is 29.2 Å². The molecule has 0 unspecified atom stereocenters. The summed E-state index contributed by atoms with van der Waals surface area (Å²) in [5.41, 5.74) is 0.259. The van der Waals surface area contributed by atoms with Crippen LogP contribution in [0.4, 0.5) is 0 Å². The summed E-state index contributed by atoms with van der Waals surface area (Å²) in [6, 6.07) is -0.403. The Bertz CT molecular complexity index is 482. The normalized spacial score (nSPS) is 17.5. The van der Waals surface area contributed by atoms with Gasteiger partial charge in [-0.25, -0.2) is 4.98 Å². The number of aromatic nitrogens is 2. The van der Waals surface area contributed by atoms with Crippen molar-refractivity contribution in [3.63, 3.8) is 0 Å². The number of hydrogen-bond acceptors (Lipinski definition) is 4. The van der Waals surface area contributed by atoms with Crippen molar-refractivity contribution in [1.29, 1.82) is 0 Å². The van der Waals surface area contributed by atoms with Gasteiger partial charge >= 0.3 is 0 Å². The van der Waals surface area contributed by atoms with Crippen LogP contribution >= 0.6 is 0 Å². The van der Waals surface area contributed by atoms with Gasteiger partial charge in [0, 0.05) is 18.3 Å². The third-order valence-corrected chi connectivity index (χ3v) is 4.08. The highest BCUT2D eigenvalue weighted by Gasteiger charge is 2.32. The monoisotopic (exact) mass is 289 g/mol. The maximum absolute atomic E-state index is 12.5. The van der Waals surface area contributed by atoms with Crippen molar-refractivity contribution in [3.8, 4) is 0 Å². The Kier molecular flexibility index (Phi) is 5.42. The van der Waals surface area contributed by atoms with Crippen molar-refractivity contribution in [1.82, 2.24) is 15.3 Å². The first-order chi connectivity index (χ1) is 10.1. The molecule has 0 aliphatic heterocycles. The fourth-order valence-corrected chi connectivity index (χ4v) is 2.88. The lowest BCUT2D eigenvalue weighted by atomic mass is 9.80. The largest absolute Gasteiger partial charge is 0.341 e. The first kappa shape index (κ1) is 15.6. The van der Waals surface area contributed by atoms with Gasteiger partial charge in [0.1, 0.15) is 5.69 Å². The van der Waals surface area contributed by atoms with E-state index in [0.29, 0.717) is 0 Å². The third-order valence-electron chi connectivity index (χ3n) is 4.08. The molecule has 0 spiro atoms. The summed E-state index contributed by atoms with van der Waals surface area (Å²) in [6.45, 7) is 3.76. The zero-order valence-electron chi connectivity index (χ0n) is 12.7. The molecule has 0 saturated heterocycles. The van der Waals surface area contributed by atoms with Crippen molar-refractivity contribution in [2.75, 3.05) is 0 Å². The van der Waals surface area contributed by atoms with Gasteiger partial charge in [-0.2, -0.15) is 0 Å². The molecule has 1 saturated carbocycles. The summed E-state index contributed by atoms with van der Waals surface area (Å²) in [5.74, 6) is -0.0415. The second kappa shape index (κ2) is 7.29. The number of nitrogens with zero attached hydrogens (tertiary/aromatic N) is 2. The number of rotatable bonds is 5. The Morgan fingerprint density at radius 3 is 2.48 bits per heavy atom. The van der Waals surface area contributed by atoms with Crippen LogP contribution in [-0.4, -0.2) is 27.7 Å². The SMILES string of the molecule is CC(C)C(=O)[C@@H](NC(=O)c1cnccn1)C1CCCCC1. The molecule has 1 amide bonds. The molecule has 5 nitrogen and oxygen atoms in total. The number of amides is 1. The maximum Gasteiger partial charge on any atom is 0.272 e. The molecular weight excluding hydrogens is 266 g/mol. The van der Waals surface area contributed by atoms with Crippen molar-refractivity contribution in [2.45, 2.75) is 52.0 Å². The molecule has 1 aliphatic rings. The van der Waals surface area contributed by atoms with Crippen molar-refractivity contribution >= 4 is 11.7 Å². The van der Waals surface area contributed by atoms with Crippen molar-refractivity contribution in [3.05, 3.63) is 24.3 Å². The second-order valence-corrected chi connectivity index (χ2v) is 6.00. The highest BCUT2D eigenvalue weighted by molar-refractivity contribution is 5.96. The summed E-state index contributed by atoms with van der Waals surface area (Å²) in [4.78, 5) is 32.6. The Hall–Kier alpha value is -1.78. The highest BCUT2D eigenvalue weighted by atomic mass is 16.2. The molecule has 21 heavy (non-hydrogen) atoms. The minimum Gasteiger partial charge on any atom is -0.341 e. The summed E-state index contributed by atoms with van der Waals surface area (Å²) in [7, 11) is 0. The Balaban J connectivity index is 2.11. The molecule has 1 aliphatic carbocycles. The van der Waals surface area contributed by atoms with E-state index in [0.717, 1.165) is 25.7 Å². The van der Waals surface area contributed by atoms with E-state index in [2.05, 4.69) is 15.3 Å². The zero-order valence-corrected chi connectivity index (χ0v) is 12.7. The molecule has 0 bridgehead atoms. The van der Waals surface area contributed by atoms with Gasteiger partial charge in [-0.15, -0.1) is 0 Å². The number of carbonyl (C=O) groups excluding carboxylic acids is 2. The quantitative estimate of drug-likeness (QED) is 0.903. The average Bonchev–Trinajstić information content (AvgIpc) is 2.53. The first-order valence-electron chi connectivity index (χ1n) is 7.70. The number of hydrogen-bond donors (Lipinski definition) is 1. The zero-order chi connectivity index (χ0) is 15.2. The molecule has 1 aromatic heterocycles. The predicted molar refractivity (Wildman–Crippen MR) is 79.7 cm³/mol. The van der Waals surface area contributed by atoms with Crippen LogP contribution in [0, 0.1) is 11.8 Å². The van der Waals surface area contributed by atoms with E-state index in [1.54, 1.807) is 0 Å². The van der Waals surface area contributed by atoms with Gasteiger partial charge in [0.25, 0.3) is 5.91 Å². The smallest absolute Gasteiger partial charge is 0.272 e.